The van der Waals surface area contributed by atoms with Crippen molar-refractivity contribution in [1.29, 1.82) is 0 Å². The highest BCUT2D eigenvalue weighted by Crippen LogP contribution is 2.37. The van der Waals surface area contributed by atoms with Crippen LogP contribution in [-0.4, -0.2) is 11.8 Å². The Morgan fingerprint density at radius 2 is 1.33 bits per heavy atom. The molecule has 0 aromatic rings. The summed E-state index contributed by atoms with van der Waals surface area (Å²) in [7, 11) is 0. The number of nitrogens with two attached hydrogens (primary N) is 1. The minimum absolute atomic E-state index is 2.39. The Bertz CT molecular complexity index is 337. The number of hydrogen-bond donors (Lipinski definition) is 1. The van der Waals surface area contributed by atoms with Crippen molar-refractivity contribution in [3.63, 3.8) is 0 Å². The lowest BCUT2D eigenvalue weighted by atomic mass is 10.1. The van der Waals surface area contributed by atoms with Crippen LogP contribution in [0.3, 0.4) is 0 Å². The van der Waals surface area contributed by atoms with Crippen LogP contribution in [0.25, 0.3) is 0 Å². The molecule has 9 heteroatoms. The molecule has 2 N–H and O–H groups in total. The molecule has 0 rings (SSSR count). The Morgan fingerprint density at radius 1 is 0.933 bits per heavy atom. The lowest BCUT2D eigenvalue weighted by Crippen LogP contribution is -2.31. The van der Waals surface area contributed by atoms with Crippen molar-refractivity contribution >= 4 is 5.91 Å². The Kier molecular flexibility index (Phi) is 3.88. The molecule has 0 radical (unpaired) electrons. The van der Waals surface area contributed by atoms with E-state index in [1.807, 2.05) is 0 Å². The number of carbonyl (C=O) groups excluding carboxylic acids is 1. The van der Waals surface area contributed by atoms with Crippen LogP contribution in [0.5, 0.6) is 0 Å². The monoisotopic (exact) mass is 237 g/mol. The number of amides is 1. The van der Waals surface area contributed by atoms with Gasteiger partial charge < -0.3 is 5.73 Å². The molecule has 0 aliphatic heterocycles. The topological polar surface area (TPSA) is 43.1 Å². The number of rotatable bonds is 3. The second-order valence-corrected chi connectivity index (χ2v) is 2.15. The Labute approximate surface area is 77.8 Å². The molecule has 0 aliphatic rings. The van der Waals surface area contributed by atoms with Crippen molar-refractivity contribution in [2.24, 2.45) is 5.73 Å². The summed E-state index contributed by atoms with van der Waals surface area (Å²) in [6, 6.07) is 0. The average molecular weight is 237 g/mol. The van der Waals surface area contributed by atoms with Gasteiger partial charge in [0.25, 0.3) is 12.0 Å². The molecule has 0 unspecified atom stereocenters. The predicted octanol–water partition coefficient (Wildman–Crippen LogP) is 2.34. The largest absolute Gasteiger partial charge is 0.366 e. The SMILES string of the molecule is NC(=O)C(=C(F)F)C(F)(F)C(F)=C(F)F. The smallest absolute Gasteiger partial charge is 0.339 e. The molecule has 0 fully saturated rings. The molecule has 86 valence electrons. The third-order valence-electron chi connectivity index (χ3n) is 1.19. The van der Waals surface area contributed by atoms with Crippen LogP contribution in [0.15, 0.2) is 23.6 Å². The van der Waals surface area contributed by atoms with E-state index in [1.54, 1.807) is 0 Å². The van der Waals surface area contributed by atoms with Crippen molar-refractivity contribution < 1.29 is 35.5 Å². The third kappa shape index (κ3) is 2.70. The molecule has 0 aliphatic carbocycles. The first-order valence-corrected chi connectivity index (χ1v) is 3.07. The third-order valence-corrected chi connectivity index (χ3v) is 1.19. The molecule has 0 aromatic carbocycles. The fourth-order valence-electron chi connectivity index (χ4n) is 0.595. The van der Waals surface area contributed by atoms with Crippen LogP contribution < -0.4 is 5.73 Å². The second kappa shape index (κ2) is 4.32. The zero-order valence-corrected chi connectivity index (χ0v) is 6.63. The fourth-order valence-corrected chi connectivity index (χ4v) is 0.595. The molecular formula is C6H2F7NO. The van der Waals surface area contributed by atoms with Gasteiger partial charge in [0.15, 0.2) is 5.57 Å². The van der Waals surface area contributed by atoms with Crippen molar-refractivity contribution in [2.75, 3.05) is 0 Å². The molecule has 2 nitrogen and oxygen atoms in total. The molecule has 0 spiro atoms. The maximum absolute atomic E-state index is 12.5. The zero-order chi connectivity index (χ0) is 12.4. The quantitative estimate of drug-likeness (QED) is 0.594. The van der Waals surface area contributed by atoms with E-state index in [-0.39, 0.29) is 0 Å². The summed E-state index contributed by atoms with van der Waals surface area (Å²) in [5, 5.41) is 0. The minimum Gasteiger partial charge on any atom is -0.366 e. The average Bonchev–Trinajstić information content (AvgIpc) is 1.99. The number of allylic oxidation sites excluding steroid dienone is 1. The fraction of sp³-hybridized carbons (Fsp3) is 0.167. The van der Waals surface area contributed by atoms with E-state index in [4.69, 9.17) is 0 Å². The van der Waals surface area contributed by atoms with Gasteiger partial charge in [-0.1, -0.05) is 0 Å². The minimum atomic E-state index is -5.44. The summed E-state index contributed by atoms with van der Waals surface area (Å²) in [6.07, 6.45) is -6.84. The van der Waals surface area contributed by atoms with Gasteiger partial charge >= 0.3 is 12.0 Å². The van der Waals surface area contributed by atoms with E-state index < -0.39 is 35.4 Å². The lowest BCUT2D eigenvalue weighted by Gasteiger charge is -2.13. The van der Waals surface area contributed by atoms with Crippen molar-refractivity contribution in [3.05, 3.63) is 23.6 Å². The number of primary amides is 1. The maximum Gasteiger partial charge on any atom is 0.339 e. The van der Waals surface area contributed by atoms with Crippen molar-refractivity contribution in [3.8, 4) is 0 Å². The maximum atomic E-state index is 12.5. The van der Waals surface area contributed by atoms with Crippen LogP contribution in [0.4, 0.5) is 30.7 Å². The van der Waals surface area contributed by atoms with Crippen LogP contribution in [0.1, 0.15) is 0 Å². The summed E-state index contributed by atoms with van der Waals surface area (Å²) in [4.78, 5) is 10.1. The normalized spacial score (nSPS) is 10.9. The molecule has 0 saturated heterocycles. The Morgan fingerprint density at radius 3 is 1.53 bits per heavy atom. The molecule has 0 saturated carbocycles. The number of halogens is 7. The standard InChI is InChI=1S/C6H2F7NO/c7-2(4(10)11)6(12,13)1(3(8)9)5(14)15/h(H2,14,15). The summed E-state index contributed by atoms with van der Waals surface area (Å²) >= 11 is 0. The predicted molar refractivity (Wildman–Crippen MR) is 33.7 cm³/mol. The Hall–Kier alpha value is -1.54. The first-order valence-electron chi connectivity index (χ1n) is 3.07. The van der Waals surface area contributed by atoms with Crippen LogP contribution >= 0.6 is 0 Å². The molecule has 0 aromatic heterocycles. The first-order chi connectivity index (χ1) is 6.62. The second-order valence-electron chi connectivity index (χ2n) is 2.15. The van der Waals surface area contributed by atoms with Crippen LogP contribution in [-0.2, 0) is 4.79 Å². The molecule has 0 heterocycles. The number of hydrogen-bond acceptors (Lipinski definition) is 1. The van der Waals surface area contributed by atoms with Crippen LogP contribution in [0.2, 0.25) is 0 Å². The van der Waals surface area contributed by atoms with E-state index in [0.29, 0.717) is 0 Å². The summed E-state index contributed by atoms with van der Waals surface area (Å²) in [5.74, 6) is -11.3. The molecule has 0 bridgehead atoms. The summed E-state index contributed by atoms with van der Waals surface area (Å²) < 4.78 is 83.3. The van der Waals surface area contributed by atoms with Crippen LogP contribution in [0, 0.1) is 0 Å². The van der Waals surface area contributed by atoms with Gasteiger partial charge in [-0.3, -0.25) is 4.79 Å². The van der Waals surface area contributed by atoms with E-state index in [1.165, 1.54) is 0 Å². The molecular weight excluding hydrogens is 235 g/mol. The van der Waals surface area contributed by atoms with Gasteiger partial charge in [-0.05, 0) is 0 Å². The van der Waals surface area contributed by atoms with Gasteiger partial charge in [-0.2, -0.15) is 30.7 Å². The number of carbonyl (C=O) groups is 1. The van der Waals surface area contributed by atoms with Gasteiger partial charge in [0.1, 0.15) is 0 Å². The van der Waals surface area contributed by atoms with E-state index in [0.717, 1.165) is 0 Å². The van der Waals surface area contributed by atoms with Crippen molar-refractivity contribution in [1.82, 2.24) is 0 Å². The highest BCUT2D eigenvalue weighted by Gasteiger charge is 2.48. The lowest BCUT2D eigenvalue weighted by molar-refractivity contribution is -0.117. The number of alkyl halides is 2. The zero-order valence-electron chi connectivity index (χ0n) is 6.63. The van der Waals surface area contributed by atoms with Gasteiger partial charge in [-0.25, -0.2) is 0 Å². The van der Waals surface area contributed by atoms with Crippen molar-refractivity contribution in [2.45, 2.75) is 5.92 Å². The van der Waals surface area contributed by atoms with E-state index in [2.05, 4.69) is 5.73 Å². The highest BCUT2D eigenvalue weighted by molar-refractivity contribution is 5.94. The highest BCUT2D eigenvalue weighted by atomic mass is 19.3. The molecule has 1 amide bonds. The molecule has 0 atom stereocenters. The Balaban J connectivity index is 5.66. The summed E-state index contributed by atoms with van der Waals surface area (Å²) in [6.45, 7) is 0. The van der Waals surface area contributed by atoms with Gasteiger partial charge in [0.05, 0.1) is 0 Å². The van der Waals surface area contributed by atoms with Gasteiger partial charge in [0, 0.05) is 0 Å². The van der Waals surface area contributed by atoms with E-state index in [9.17, 15) is 35.5 Å². The van der Waals surface area contributed by atoms with E-state index >= 15 is 0 Å². The molecule has 15 heavy (non-hydrogen) atoms. The van der Waals surface area contributed by atoms with Gasteiger partial charge in [-0.15, -0.1) is 0 Å². The first kappa shape index (κ1) is 13.5. The van der Waals surface area contributed by atoms with Gasteiger partial charge in [0.2, 0.25) is 5.83 Å². The summed E-state index contributed by atoms with van der Waals surface area (Å²) in [5.41, 5.74) is 1.27.